The summed E-state index contributed by atoms with van der Waals surface area (Å²) >= 11 is 3.28. The van der Waals surface area contributed by atoms with Gasteiger partial charge in [-0.2, -0.15) is 9.83 Å². The van der Waals surface area contributed by atoms with E-state index in [-0.39, 0.29) is 0 Å². The van der Waals surface area contributed by atoms with Crippen LogP contribution in [0, 0.1) is 11.1 Å². The van der Waals surface area contributed by atoms with Crippen LogP contribution in [0.1, 0.15) is 18.4 Å². The van der Waals surface area contributed by atoms with Crippen LogP contribution in [0.25, 0.3) is 0 Å². The molecule has 1 aromatic rings. The molecule has 1 aliphatic rings. The van der Waals surface area contributed by atoms with Crippen LogP contribution < -0.4 is 15.4 Å². The molecule has 1 saturated heterocycles. The summed E-state index contributed by atoms with van der Waals surface area (Å²) in [4.78, 5) is 4.69. The van der Waals surface area contributed by atoms with Gasteiger partial charge in [0.25, 0.3) is 0 Å². The zero-order chi connectivity index (χ0) is 19.6. The van der Waals surface area contributed by atoms with Crippen LogP contribution in [0.4, 0.5) is 0 Å². The molecule has 146 valence electrons. The zero-order valence-corrected chi connectivity index (χ0v) is 17.4. The molecule has 0 aliphatic carbocycles. The van der Waals surface area contributed by atoms with E-state index in [1.54, 1.807) is 17.3 Å². The number of pyridine rings is 1. The van der Waals surface area contributed by atoms with Crippen molar-refractivity contribution >= 4 is 28.0 Å². The molecule has 0 radical (unpaired) electrons. The highest BCUT2D eigenvalue weighted by atomic mass is 79.9. The van der Waals surface area contributed by atoms with Gasteiger partial charge in [0.2, 0.25) is 0 Å². The highest BCUT2D eigenvalue weighted by Gasteiger charge is 2.18. The minimum absolute atomic E-state index is 0.393. The van der Waals surface area contributed by atoms with Crippen molar-refractivity contribution in [3.8, 4) is 0 Å². The molecule has 7 nitrogen and oxygen atoms in total. The standard InChI is InChI=1S/C19H27BrN6O/c1-15(20)11-24-25(3)19(23-12-16-6-5-9-26(27)14-16)10-18(21-2)17-7-4-8-22-13-17/h5-6,9-11,14,17,21-22H,1,4,7-8,12-13H2,2-3H3/b18-10?,23-19?,24-11-. The average molecular weight is 435 g/mol. The number of aliphatic imine (C=N–C) groups is 1. The second-order valence-electron chi connectivity index (χ2n) is 6.35. The highest BCUT2D eigenvalue weighted by molar-refractivity contribution is 9.12. The number of rotatable bonds is 7. The first-order valence-corrected chi connectivity index (χ1v) is 9.73. The van der Waals surface area contributed by atoms with Gasteiger partial charge in [0, 0.05) is 54.4 Å². The molecule has 0 amide bonds. The van der Waals surface area contributed by atoms with Crippen LogP contribution >= 0.6 is 15.9 Å². The maximum Gasteiger partial charge on any atom is 0.185 e. The molecule has 2 N–H and O–H groups in total. The molecule has 1 atom stereocenters. The van der Waals surface area contributed by atoms with Crippen molar-refractivity contribution in [3.63, 3.8) is 0 Å². The first-order chi connectivity index (χ1) is 13.0. The first-order valence-electron chi connectivity index (χ1n) is 8.94. The Labute approximate surface area is 169 Å². The van der Waals surface area contributed by atoms with E-state index in [2.05, 4.69) is 38.2 Å². The van der Waals surface area contributed by atoms with E-state index < -0.39 is 0 Å². The summed E-state index contributed by atoms with van der Waals surface area (Å²) in [6.07, 6.45) is 8.92. The smallest absolute Gasteiger partial charge is 0.185 e. The van der Waals surface area contributed by atoms with E-state index >= 15 is 0 Å². The van der Waals surface area contributed by atoms with Gasteiger partial charge in [-0.25, -0.2) is 0 Å². The fourth-order valence-electron chi connectivity index (χ4n) is 2.87. The number of halogens is 1. The summed E-state index contributed by atoms with van der Waals surface area (Å²) in [5.74, 6) is 1.12. The van der Waals surface area contributed by atoms with Crippen molar-refractivity contribution in [3.05, 3.63) is 58.1 Å². The number of hydrogen-bond acceptors (Lipinski definition) is 5. The summed E-state index contributed by atoms with van der Waals surface area (Å²) in [5, 5.41) is 24.3. The first kappa shape index (κ1) is 21.1. The molecule has 1 unspecified atom stereocenters. The van der Waals surface area contributed by atoms with Crippen LogP contribution in [0.5, 0.6) is 0 Å². The molecular weight excluding hydrogens is 408 g/mol. The van der Waals surface area contributed by atoms with Crippen LogP contribution in [0.15, 0.2) is 57.5 Å². The Balaban J connectivity index is 2.27. The van der Waals surface area contributed by atoms with Crippen molar-refractivity contribution < 1.29 is 4.73 Å². The molecule has 0 bridgehead atoms. The number of hydrogen-bond donors (Lipinski definition) is 2. The van der Waals surface area contributed by atoms with E-state index in [9.17, 15) is 5.21 Å². The SMILES string of the molecule is C=C(Br)/C=N\N(C)C(C=C(NC)C1CCCNC1)=NCc1ccc[n+]([O-])c1. The van der Waals surface area contributed by atoms with E-state index in [1.165, 1.54) is 12.4 Å². The van der Waals surface area contributed by atoms with Crippen LogP contribution in [-0.4, -0.2) is 44.2 Å². The Bertz CT molecular complexity index is 725. The van der Waals surface area contributed by atoms with Gasteiger partial charge in [-0.1, -0.05) is 6.58 Å². The summed E-state index contributed by atoms with van der Waals surface area (Å²) in [7, 11) is 3.77. The summed E-state index contributed by atoms with van der Waals surface area (Å²) in [5.41, 5.74) is 1.96. The topological polar surface area (TPSA) is 79.0 Å². The lowest BCUT2D eigenvalue weighted by Gasteiger charge is -2.26. The van der Waals surface area contributed by atoms with Crippen molar-refractivity contribution in [1.29, 1.82) is 0 Å². The summed E-state index contributed by atoms with van der Waals surface area (Å²) in [6, 6.07) is 3.60. The Morgan fingerprint density at radius 3 is 3.04 bits per heavy atom. The third kappa shape index (κ3) is 7.15. The lowest BCUT2D eigenvalue weighted by Crippen LogP contribution is -2.34. The fourth-order valence-corrected chi connectivity index (χ4v) is 2.96. The zero-order valence-electron chi connectivity index (χ0n) is 15.9. The quantitative estimate of drug-likeness (QED) is 0.226. The predicted molar refractivity (Wildman–Crippen MR) is 114 cm³/mol. The third-order valence-electron chi connectivity index (χ3n) is 4.27. The van der Waals surface area contributed by atoms with Gasteiger partial charge in [0.1, 0.15) is 5.84 Å². The van der Waals surface area contributed by atoms with Gasteiger partial charge in [-0.15, -0.1) is 0 Å². The number of likely N-dealkylation sites (N-methyl/N-ethyl adjacent to an activating group) is 1. The molecule has 0 aromatic carbocycles. The molecule has 2 heterocycles. The van der Waals surface area contributed by atoms with Crippen LogP contribution in [0.3, 0.4) is 0 Å². The number of allylic oxidation sites excluding steroid dienone is 1. The molecule has 0 saturated carbocycles. The number of nitrogens with zero attached hydrogens (tertiary/aromatic N) is 4. The Hall–Kier alpha value is -2.19. The maximum absolute atomic E-state index is 11.5. The van der Waals surface area contributed by atoms with Gasteiger partial charge < -0.3 is 15.8 Å². The monoisotopic (exact) mass is 434 g/mol. The lowest BCUT2D eigenvalue weighted by molar-refractivity contribution is -0.605. The second-order valence-corrected chi connectivity index (χ2v) is 7.37. The number of piperidine rings is 1. The summed E-state index contributed by atoms with van der Waals surface area (Å²) < 4.78 is 1.46. The molecular formula is C19H27BrN6O. The van der Waals surface area contributed by atoms with E-state index in [4.69, 9.17) is 4.99 Å². The van der Waals surface area contributed by atoms with Gasteiger partial charge in [-0.05, 0) is 41.4 Å². The summed E-state index contributed by atoms with van der Waals surface area (Å²) in [6.45, 7) is 6.17. The van der Waals surface area contributed by atoms with E-state index in [0.717, 1.165) is 41.9 Å². The van der Waals surface area contributed by atoms with Gasteiger partial charge >= 0.3 is 0 Å². The number of aromatic nitrogens is 1. The number of hydrazone groups is 1. The van der Waals surface area contributed by atoms with Crippen molar-refractivity contribution in [2.24, 2.45) is 16.0 Å². The van der Waals surface area contributed by atoms with E-state index in [1.807, 2.05) is 26.2 Å². The van der Waals surface area contributed by atoms with Gasteiger partial charge in [0.05, 0.1) is 12.8 Å². The largest absolute Gasteiger partial charge is 0.619 e. The van der Waals surface area contributed by atoms with Gasteiger partial charge in [-0.3, -0.25) is 10.0 Å². The minimum Gasteiger partial charge on any atom is -0.619 e. The molecule has 8 heteroatoms. The second kappa shape index (κ2) is 10.8. The molecule has 2 rings (SSSR count). The molecule has 1 aliphatic heterocycles. The fraction of sp³-hybridized carbons (Fsp3) is 0.421. The third-order valence-corrected chi connectivity index (χ3v) is 4.48. The van der Waals surface area contributed by atoms with Crippen LogP contribution in [-0.2, 0) is 6.54 Å². The lowest BCUT2D eigenvalue weighted by atomic mass is 9.95. The number of amidine groups is 1. The predicted octanol–water partition coefficient (Wildman–Crippen LogP) is 2.15. The van der Waals surface area contributed by atoms with Crippen molar-refractivity contribution in [2.45, 2.75) is 19.4 Å². The average Bonchev–Trinajstić information content (AvgIpc) is 2.67. The normalized spacial score (nSPS) is 18.6. The van der Waals surface area contributed by atoms with Crippen LogP contribution in [0.2, 0.25) is 0 Å². The van der Waals surface area contributed by atoms with Crippen molar-refractivity contribution in [2.75, 3.05) is 27.2 Å². The molecule has 27 heavy (non-hydrogen) atoms. The molecule has 1 fully saturated rings. The highest BCUT2D eigenvalue weighted by Crippen LogP contribution is 2.18. The number of nitrogens with one attached hydrogen (secondary N) is 2. The molecule has 0 spiro atoms. The minimum atomic E-state index is 0.393. The van der Waals surface area contributed by atoms with E-state index in [0.29, 0.717) is 22.8 Å². The maximum atomic E-state index is 11.5. The Morgan fingerprint density at radius 2 is 2.41 bits per heavy atom. The van der Waals surface area contributed by atoms with Gasteiger partial charge in [0.15, 0.2) is 12.4 Å². The Morgan fingerprint density at radius 1 is 1.59 bits per heavy atom. The molecule has 1 aromatic heterocycles. The van der Waals surface area contributed by atoms with Crippen molar-refractivity contribution in [1.82, 2.24) is 15.6 Å². The Kier molecular flexibility index (Phi) is 8.47.